The van der Waals surface area contributed by atoms with Crippen molar-refractivity contribution in [1.82, 2.24) is 0 Å². The second kappa shape index (κ2) is 6.75. The first-order valence-corrected chi connectivity index (χ1v) is 7.02. The van der Waals surface area contributed by atoms with Gasteiger partial charge in [0.2, 0.25) is 0 Å². The third-order valence-electron chi connectivity index (χ3n) is 3.28. The van der Waals surface area contributed by atoms with Gasteiger partial charge in [-0.3, -0.25) is 0 Å². The number of allylic oxidation sites excluding steroid dienone is 3. The van der Waals surface area contributed by atoms with Gasteiger partial charge in [-0.25, -0.2) is 0 Å². The van der Waals surface area contributed by atoms with Crippen LogP contribution >= 0.6 is 9.24 Å². The van der Waals surface area contributed by atoms with Gasteiger partial charge in [-0.05, 0) is 62.2 Å². The Bertz CT molecular complexity index is 484. The predicted molar refractivity (Wildman–Crippen MR) is 84.6 cm³/mol. The van der Waals surface area contributed by atoms with E-state index in [-0.39, 0.29) is 0 Å². The smallest absolute Gasteiger partial charge is 0.122 e. The highest BCUT2D eigenvalue weighted by Gasteiger charge is 2.08. The minimum absolute atomic E-state index is 0.972. The summed E-state index contributed by atoms with van der Waals surface area (Å²) in [4.78, 5) is 0. The lowest BCUT2D eigenvalue weighted by atomic mass is 9.96. The van der Waals surface area contributed by atoms with Gasteiger partial charge in [-0.15, -0.1) is 9.24 Å². The zero-order valence-electron chi connectivity index (χ0n) is 12.0. The molecule has 1 atom stereocenters. The normalized spacial score (nSPS) is 12.2. The maximum absolute atomic E-state index is 5.39. The Morgan fingerprint density at radius 3 is 2.50 bits per heavy atom. The van der Waals surface area contributed by atoms with Crippen molar-refractivity contribution in [2.45, 2.75) is 27.7 Å². The summed E-state index contributed by atoms with van der Waals surface area (Å²) in [6, 6.07) is 2.11. The first-order valence-electron chi connectivity index (χ1n) is 6.21. The van der Waals surface area contributed by atoms with Crippen LogP contribution in [0.15, 0.2) is 23.8 Å². The minimum atomic E-state index is 0.972. The number of methoxy groups -OCH3 is 1. The molecule has 0 aromatic heterocycles. The fourth-order valence-corrected chi connectivity index (χ4v) is 2.37. The fourth-order valence-electron chi connectivity index (χ4n) is 2.00. The molecular weight excluding hydrogens is 239 g/mol. The molecule has 1 nitrogen and oxygen atoms in total. The molecule has 0 bridgehead atoms. The molecule has 0 aliphatic carbocycles. The molecule has 1 aromatic rings. The first-order chi connectivity index (χ1) is 8.51. The monoisotopic (exact) mass is 262 g/mol. The number of hydrogen-bond donors (Lipinski definition) is 0. The largest absolute Gasteiger partial charge is 0.496 e. The van der Waals surface area contributed by atoms with Gasteiger partial charge in [0, 0.05) is 0 Å². The van der Waals surface area contributed by atoms with Gasteiger partial charge in [0.05, 0.1) is 7.11 Å². The van der Waals surface area contributed by atoms with Crippen LogP contribution in [0.1, 0.15) is 29.2 Å². The average molecular weight is 262 g/mol. The highest BCUT2D eigenvalue weighted by atomic mass is 31.0. The van der Waals surface area contributed by atoms with E-state index in [2.05, 4.69) is 61.2 Å². The topological polar surface area (TPSA) is 9.23 Å². The van der Waals surface area contributed by atoms with Crippen LogP contribution in [0.3, 0.4) is 0 Å². The van der Waals surface area contributed by atoms with Crippen molar-refractivity contribution in [2.24, 2.45) is 0 Å². The molecule has 0 heterocycles. The van der Waals surface area contributed by atoms with Gasteiger partial charge < -0.3 is 4.74 Å². The first kappa shape index (κ1) is 15.0. The zero-order valence-corrected chi connectivity index (χ0v) is 13.2. The second-order valence-electron chi connectivity index (χ2n) is 4.58. The quantitative estimate of drug-likeness (QED) is 0.575. The van der Waals surface area contributed by atoms with Crippen molar-refractivity contribution in [3.63, 3.8) is 0 Å². The van der Waals surface area contributed by atoms with Crippen LogP contribution in [-0.2, 0) is 0 Å². The molecular formula is C16H23OP. The van der Waals surface area contributed by atoms with Crippen LogP contribution < -0.4 is 4.74 Å². The SMILES string of the molecule is COc1cc(C)c(/C=C/C(C)=C/CP)c(C)c1C. The molecule has 0 saturated heterocycles. The van der Waals surface area contributed by atoms with E-state index in [4.69, 9.17) is 4.74 Å². The van der Waals surface area contributed by atoms with Gasteiger partial charge in [0.1, 0.15) is 5.75 Å². The van der Waals surface area contributed by atoms with E-state index in [0.29, 0.717) is 0 Å². The summed E-state index contributed by atoms with van der Waals surface area (Å²) in [6.45, 7) is 8.51. The molecule has 1 rings (SSSR count). The van der Waals surface area contributed by atoms with E-state index >= 15 is 0 Å². The van der Waals surface area contributed by atoms with Crippen molar-refractivity contribution in [2.75, 3.05) is 13.3 Å². The molecule has 2 heteroatoms. The summed E-state index contributed by atoms with van der Waals surface area (Å²) in [5, 5.41) is 0. The average Bonchev–Trinajstić information content (AvgIpc) is 2.34. The summed E-state index contributed by atoms with van der Waals surface area (Å²) < 4.78 is 5.39. The molecule has 0 N–H and O–H groups in total. The van der Waals surface area contributed by atoms with E-state index < -0.39 is 0 Å². The van der Waals surface area contributed by atoms with Crippen LogP contribution in [-0.4, -0.2) is 13.3 Å². The third-order valence-corrected chi connectivity index (χ3v) is 3.52. The van der Waals surface area contributed by atoms with E-state index in [0.717, 1.165) is 11.9 Å². The zero-order chi connectivity index (χ0) is 13.7. The van der Waals surface area contributed by atoms with Gasteiger partial charge in [-0.2, -0.15) is 0 Å². The van der Waals surface area contributed by atoms with Gasteiger partial charge >= 0.3 is 0 Å². The third kappa shape index (κ3) is 3.46. The standard InChI is InChI=1S/C16H23OP/c1-11(8-9-18)6-7-15-12(2)10-16(17-5)14(4)13(15)3/h6-8,10H,9,18H2,1-5H3/b7-6+,11-8+. The highest BCUT2D eigenvalue weighted by Crippen LogP contribution is 2.28. The van der Waals surface area contributed by atoms with E-state index in [1.165, 1.54) is 27.8 Å². The van der Waals surface area contributed by atoms with E-state index in [9.17, 15) is 0 Å². The van der Waals surface area contributed by atoms with Crippen LogP contribution in [0, 0.1) is 20.8 Å². The summed E-state index contributed by atoms with van der Waals surface area (Å²) in [5.74, 6) is 0.972. The Kier molecular flexibility index (Phi) is 5.62. The molecule has 0 radical (unpaired) electrons. The van der Waals surface area contributed by atoms with E-state index in [1.807, 2.05) is 0 Å². The minimum Gasteiger partial charge on any atom is -0.496 e. The Balaban J connectivity index is 3.18. The van der Waals surface area contributed by atoms with Crippen molar-refractivity contribution >= 4 is 15.3 Å². The molecule has 0 amide bonds. The lowest BCUT2D eigenvalue weighted by Gasteiger charge is -2.13. The van der Waals surface area contributed by atoms with Crippen molar-refractivity contribution in [3.05, 3.63) is 46.0 Å². The number of ether oxygens (including phenoxy) is 1. The van der Waals surface area contributed by atoms with Crippen molar-refractivity contribution in [1.29, 1.82) is 0 Å². The molecule has 1 aromatic carbocycles. The highest BCUT2D eigenvalue weighted by molar-refractivity contribution is 7.16. The van der Waals surface area contributed by atoms with Crippen LogP contribution in [0.5, 0.6) is 5.75 Å². The van der Waals surface area contributed by atoms with E-state index in [1.54, 1.807) is 7.11 Å². The molecule has 0 fully saturated rings. The van der Waals surface area contributed by atoms with Gasteiger partial charge in [0.15, 0.2) is 0 Å². The second-order valence-corrected chi connectivity index (χ2v) is 5.05. The molecule has 98 valence electrons. The maximum Gasteiger partial charge on any atom is 0.122 e. The molecule has 0 aliphatic rings. The number of rotatable bonds is 4. The summed E-state index contributed by atoms with van der Waals surface area (Å²) in [6.07, 6.45) is 7.56. The van der Waals surface area contributed by atoms with Gasteiger partial charge in [-0.1, -0.05) is 23.8 Å². The summed E-state index contributed by atoms with van der Waals surface area (Å²) in [5.41, 5.74) is 6.35. The Hall–Kier alpha value is -1.07. The van der Waals surface area contributed by atoms with Crippen LogP contribution in [0.2, 0.25) is 0 Å². The van der Waals surface area contributed by atoms with Crippen LogP contribution in [0.4, 0.5) is 0 Å². The maximum atomic E-state index is 5.39. The van der Waals surface area contributed by atoms with Gasteiger partial charge in [0.25, 0.3) is 0 Å². The Morgan fingerprint density at radius 1 is 1.28 bits per heavy atom. The number of benzene rings is 1. The molecule has 0 saturated carbocycles. The summed E-state index contributed by atoms with van der Waals surface area (Å²) >= 11 is 0. The Morgan fingerprint density at radius 2 is 1.94 bits per heavy atom. The van der Waals surface area contributed by atoms with Crippen molar-refractivity contribution in [3.8, 4) is 5.75 Å². The molecule has 18 heavy (non-hydrogen) atoms. The summed E-state index contributed by atoms with van der Waals surface area (Å²) in [7, 11) is 4.44. The number of aryl methyl sites for hydroxylation is 1. The lowest BCUT2D eigenvalue weighted by Crippen LogP contribution is -1.95. The molecule has 0 aliphatic heterocycles. The number of hydrogen-bond acceptors (Lipinski definition) is 1. The van der Waals surface area contributed by atoms with Crippen molar-refractivity contribution < 1.29 is 4.74 Å². The molecule has 0 spiro atoms. The lowest BCUT2D eigenvalue weighted by molar-refractivity contribution is 0.411. The molecule has 1 unspecified atom stereocenters. The van der Waals surface area contributed by atoms with Crippen LogP contribution in [0.25, 0.3) is 6.08 Å². The fraction of sp³-hybridized carbons (Fsp3) is 0.375. The predicted octanol–water partition coefficient (Wildman–Crippen LogP) is 4.46. The Labute approximate surface area is 113 Å².